The van der Waals surface area contributed by atoms with Crippen LogP contribution >= 0.6 is 22.9 Å². The van der Waals surface area contributed by atoms with Crippen LogP contribution in [0, 0.1) is 12.8 Å². The van der Waals surface area contributed by atoms with Crippen molar-refractivity contribution >= 4 is 45.1 Å². The molecule has 2 aromatic rings. The van der Waals surface area contributed by atoms with Crippen LogP contribution in [0.25, 0.3) is 10.1 Å². The zero-order chi connectivity index (χ0) is 15.5. The predicted octanol–water partition coefficient (Wildman–Crippen LogP) is 4.94. The van der Waals surface area contributed by atoms with Gasteiger partial charge in [-0.25, -0.2) is 5.43 Å². The summed E-state index contributed by atoms with van der Waals surface area (Å²) in [5.41, 5.74) is 3.75. The monoisotopic (exact) mass is 332 g/mol. The van der Waals surface area contributed by atoms with Crippen LogP contribution in [0.1, 0.15) is 34.5 Å². The molecule has 1 N–H and O–H groups in total. The van der Waals surface area contributed by atoms with Crippen molar-refractivity contribution < 1.29 is 4.79 Å². The molecular weight excluding hydrogens is 316 g/mol. The second-order valence-corrected chi connectivity index (χ2v) is 6.94. The number of nitrogens with one attached hydrogen (secondary N) is 1. The summed E-state index contributed by atoms with van der Waals surface area (Å²) in [6, 6.07) is 6.00. The average Bonchev–Trinajstić information content (AvgIpc) is 2.84. The van der Waals surface area contributed by atoms with Crippen molar-refractivity contribution in [2.45, 2.75) is 26.2 Å². The number of rotatable bonds is 3. The molecule has 3 rings (SSSR count). The summed E-state index contributed by atoms with van der Waals surface area (Å²) in [7, 11) is 0. The summed E-state index contributed by atoms with van der Waals surface area (Å²) in [5.74, 6) is 0.164. The highest BCUT2D eigenvalue weighted by Gasteiger charge is 2.17. The maximum absolute atomic E-state index is 12.2. The first-order chi connectivity index (χ1) is 10.6. The fraction of sp³-hybridized carbons (Fsp3) is 0.294. The maximum Gasteiger partial charge on any atom is 0.282 e. The third-order valence-electron chi connectivity index (χ3n) is 3.75. The van der Waals surface area contributed by atoms with Gasteiger partial charge in [-0.05, 0) is 43.7 Å². The molecule has 22 heavy (non-hydrogen) atoms. The number of hydrogen-bond acceptors (Lipinski definition) is 3. The predicted molar refractivity (Wildman–Crippen MR) is 94.0 cm³/mol. The van der Waals surface area contributed by atoms with E-state index in [1.165, 1.54) is 11.3 Å². The third-order valence-corrected chi connectivity index (χ3v) is 5.41. The molecule has 3 nitrogen and oxygen atoms in total. The summed E-state index contributed by atoms with van der Waals surface area (Å²) < 4.78 is 1.02. The minimum absolute atomic E-state index is 0.244. The lowest BCUT2D eigenvalue weighted by Gasteiger charge is -2.11. The molecule has 0 fully saturated rings. The van der Waals surface area contributed by atoms with Gasteiger partial charge in [0.25, 0.3) is 5.91 Å². The number of fused-ring (bicyclic) bond motifs is 1. The lowest BCUT2D eigenvalue weighted by Crippen LogP contribution is -2.18. The minimum Gasteiger partial charge on any atom is -0.266 e. The summed E-state index contributed by atoms with van der Waals surface area (Å²) in [4.78, 5) is 12.8. The van der Waals surface area contributed by atoms with E-state index in [2.05, 4.69) is 22.7 Å². The molecule has 0 bridgehead atoms. The van der Waals surface area contributed by atoms with Gasteiger partial charge in [0, 0.05) is 16.3 Å². The van der Waals surface area contributed by atoms with E-state index < -0.39 is 0 Å². The number of benzene rings is 1. The Labute approximate surface area is 138 Å². The number of amides is 1. The molecule has 1 heterocycles. The molecule has 1 unspecified atom stereocenters. The number of aryl methyl sites for hydroxylation is 1. The van der Waals surface area contributed by atoms with Crippen LogP contribution in [0.3, 0.4) is 0 Å². The second kappa shape index (κ2) is 6.63. The van der Waals surface area contributed by atoms with E-state index in [9.17, 15) is 4.79 Å². The second-order valence-electron chi connectivity index (χ2n) is 5.51. The molecule has 1 aliphatic rings. The Morgan fingerprint density at radius 1 is 1.45 bits per heavy atom. The molecule has 1 atom stereocenters. The van der Waals surface area contributed by atoms with Crippen molar-refractivity contribution in [2.75, 3.05) is 0 Å². The zero-order valence-electron chi connectivity index (χ0n) is 12.3. The molecule has 1 aliphatic carbocycles. The topological polar surface area (TPSA) is 41.5 Å². The maximum atomic E-state index is 12.2. The molecule has 5 heteroatoms. The molecule has 0 aliphatic heterocycles. The number of carbonyl (C=O) groups is 1. The molecule has 0 radical (unpaired) electrons. The van der Waals surface area contributed by atoms with Crippen LogP contribution in [0.4, 0.5) is 0 Å². The Kier molecular flexibility index (Phi) is 4.60. The fourth-order valence-electron chi connectivity index (χ4n) is 2.52. The average molecular weight is 333 g/mol. The lowest BCUT2D eigenvalue weighted by molar-refractivity contribution is 0.0959. The van der Waals surface area contributed by atoms with E-state index in [0.717, 1.165) is 34.9 Å². The Morgan fingerprint density at radius 3 is 3.09 bits per heavy atom. The van der Waals surface area contributed by atoms with Gasteiger partial charge in [-0.1, -0.05) is 35.9 Å². The molecule has 1 aromatic heterocycles. The summed E-state index contributed by atoms with van der Waals surface area (Å²) in [5, 5.41) is 5.52. The first kappa shape index (κ1) is 15.3. The van der Waals surface area contributed by atoms with Gasteiger partial charge in [0.2, 0.25) is 0 Å². The molecule has 114 valence electrons. The standard InChI is InChI=1S/C17H17ClN2OS/c1-11-7-8-13-14(9-11)22-16(15(13)18)17(21)20-19-10-12-5-3-2-4-6-12/h2-3,7-10,12H,4-6H2,1H3,(H,20,21)/b19-10+. The largest absolute Gasteiger partial charge is 0.282 e. The number of hydrogen-bond donors (Lipinski definition) is 1. The van der Waals surface area contributed by atoms with Gasteiger partial charge in [-0.3, -0.25) is 4.79 Å². The van der Waals surface area contributed by atoms with E-state index in [1.807, 2.05) is 31.3 Å². The van der Waals surface area contributed by atoms with Crippen LogP contribution in [0.2, 0.25) is 5.02 Å². The molecule has 0 saturated carbocycles. The Hall–Kier alpha value is -1.65. The summed E-state index contributed by atoms with van der Waals surface area (Å²) in [6.45, 7) is 2.02. The molecule has 1 aromatic carbocycles. The van der Waals surface area contributed by atoms with Gasteiger partial charge in [-0.2, -0.15) is 5.10 Å². The van der Waals surface area contributed by atoms with E-state index in [0.29, 0.717) is 15.8 Å². The number of allylic oxidation sites excluding steroid dienone is 2. The van der Waals surface area contributed by atoms with Crippen molar-refractivity contribution in [1.82, 2.24) is 5.43 Å². The summed E-state index contributed by atoms with van der Waals surface area (Å²) in [6.07, 6.45) is 9.31. The Morgan fingerprint density at radius 2 is 2.32 bits per heavy atom. The molecule has 1 amide bonds. The van der Waals surface area contributed by atoms with E-state index in [4.69, 9.17) is 11.6 Å². The quantitative estimate of drug-likeness (QED) is 0.483. The van der Waals surface area contributed by atoms with E-state index >= 15 is 0 Å². The Bertz CT molecular complexity index is 763. The highest BCUT2D eigenvalue weighted by Crippen LogP contribution is 2.35. The van der Waals surface area contributed by atoms with Crippen LogP contribution < -0.4 is 5.43 Å². The van der Waals surface area contributed by atoms with Gasteiger partial charge in [0.1, 0.15) is 4.88 Å². The van der Waals surface area contributed by atoms with Crippen LogP contribution in [0.5, 0.6) is 0 Å². The van der Waals surface area contributed by atoms with Crippen LogP contribution in [-0.2, 0) is 0 Å². The number of nitrogens with zero attached hydrogens (tertiary/aromatic N) is 1. The summed E-state index contributed by atoms with van der Waals surface area (Å²) >= 11 is 7.72. The molecular formula is C17H17ClN2OS. The van der Waals surface area contributed by atoms with Gasteiger partial charge < -0.3 is 0 Å². The number of thiophene rings is 1. The first-order valence-electron chi connectivity index (χ1n) is 7.32. The molecule has 0 spiro atoms. The minimum atomic E-state index is -0.244. The zero-order valence-corrected chi connectivity index (χ0v) is 13.9. The van der Waals surface area contributed by atoms with Crippen LogP contribution in [0.15, 0.2) is 35.5 Å². The van der Waals surface area contributed by atoms with Gasteiger partial charge in [0.15, 0.2) is 0 Å². The first-order valence-corrected chi connectivity index (χ1v) is 8.52. The van der Waals surface area contributed by atoms with Gasteiger partial charge in [0.05, 0.1) is 5.02 Å². The third kappa shape index (κ3) is 3.23. The van der Waals surface area contributed by atoms with Crippen molar-refractivity contribution in [3.63, 3.8) is 0 Å². The van der Waals surface area contributed by atoms with Gasteiger partial charge >= 0.3 is 0 Å². The molecule has 0 saturated heterocycles. The van der Waals surface area contributed by atoms with Crippen molar-refractivity contribution in [2.24, 2.45) is 11.0 Å². The van der Waals surface area contributed by atoms with E-state index in [1.54, 1.807) is 0 Å². The fourth-order valence-corrected chi connectivity index (χ4v) is 4.03. The van der Waals surface area contributed by atoms with Crippen molar-refractivity contribution in [1.29, 1.82) is 0 Å². The van der Waals surface area contributed by atoms with Crippen molar-refractivity contribution in [3.8, 4) is 0 Å². The SMILES string of the molecule is Cc1ccc2c(Cl)c(C(=O)N/N=C/C3CC=CCC3)sc2c1. The highest BCUT2D eigenvalue weighted by atomic mass is 35.5. The normalized spacial score (nSPS) is 18.2. The van der Waals surface area contributed by atoms with Crippen molar-refractivity contribution in [3.05, 3.63) is 45.8 Å². The van der Waals surface area contributed by atoms with Gasteiger partial charge in [-0.15, -0.1) is 11.3 Å². The smallest absolute Gasteiger partial charge is 0.266 e. The van der Waals surface area contributed by atoms with Crippen LogP contribution in [-0.4, -0.2) is 12.1 Å². The number of carbonyl (C=O) groups excluding carboxylic acids is 1. The van der Waals surface area contributed by atoms with E-state index in [-0.39, 0.29) is 5.91 Å². The lowest BCUT2D eigenvalue weighted by atomic mass is 9.96. The number of hydrazone groups is 1. The Balaban J connectivity index is 1.73. The highest BCUT2D eigenvalue weighted by molar-refractivity contribution is 7.21. The number of halogens is 1.